The fourth-order valence-electron chi connectivity index (χ4n) is 2.04. The zero-order chi connectivity index (χ0) is 14.7. The molecule has 21 heavy (non-hydrogen) atoms. The molecule has 0 unspecified atom stereocenters. The van der Waals surface area contributed by atoms with Crippen molar-refractivity contribution in [2.24, 2.45) is 0 Å². The number of rotatable bonds is 4. The lowest BCUT2D eigenvalue weighted by atomic mass is 10.1. The van der Waals surface area contributed by atoms with Crippen molar-refractivity contribution in [3.05, 3.63) is 69.5 Å². The van der Waals surface area contributed by atoms with E-state index in [0.29, 0.717) is 0 Å². The molecule has 0 saturated carbocycles. The minimum atomic E-state index is 0.787. The second-order valence-corrected chi connectivity index (χ2v) is 6.35. The Morgan fingerprint density at radius 1 is 1.00 bits per heavy atom. The summed E-state index contributed by atoms with van der Waals surface area (Å²) >= 11 is 7.00. The van der Waals surface area contributed by atoms with Crippen molar-refractivity contribution in [1.29, 1.82) is 0 Å². The Morgan fingerprint density at radius 3 is 2.48 bits per heavy atom. The van der Waals surface area contributed by atoms with E-state index >= 15 is 0 Å². The Hall–Kier alpha value is -1.59. The Balaban J connectivity index is 1.66. The highest BCUT2D eigenvalue weighted by atomic mass is 79.9. The first-order valence-electron chi connectivity index (χ1n) is 6.49. The highest BCUT2D eigenvalue weighted by molar-refractivity contribution is 9.13. The molecule has 2 N–H and O–H groups in total. The molecular weight excluding hydrogens is 394 g/mol. The topological polar surface area (TPSA) is 40.7 Å². The third-order valence-corrected chi connectivity index (χ3v) is 5.05. The molecule has 0 fully saturated rings. The van der Waals surface area contributed by atoms with Crippen molar-refractivity contribution in [1.82, 2.24) is 9.97 Å². The quantitative estimate of drug-likeness (QED) is 0.623. The van der Waals surface area contributed by atoms with Gasteiger partial charge in [-0.3, -0.25) is 0 Å². The summed E-state index contributed by atoms with van der Waals surface area (Å²) in [6.45, 7) is 0.787. The van der Waals surface area contributed by atoms with Crippen molar-refractivity contribution in [3.63, 3.8) is 0 Å². The van der Waals surface area contributed by atoms with Gasteiger partial charge in [0.15, 0.2) is 0 Å². The first-order chi connectivity index (χ1) is 10.2. The van der Waals surface area contributed by atoms with Crippen LogP contribution in [0.15, 0.2) is 63.9 Å². The molecule has 1 aromatic heterocycles. The number of halogens is 2. The van der Waals surface area contributed by atoms with Crippen molar-refractivity contribution >= 4 is 37.5 Å². The second-order valence-electron chi connectivity index (χ2n) is 4.64. The smallest absolute Gasteiger partial charge is 0.0924 e. The molecule has 0 bridgehead atoms. The number of aromatic nitrogens is 2. The van der Waals surface area contributed by atoms with Gasteiger partial charge in [0.25, 0.3) is 0 Å². The average Bonchev–Trinajstić information content (AvgIpc) is 3.03. The SMILES string of the molecule is Brc1ccc(CNc2ccc(-c3cnc[nH]3)cc2)cc1Br. The van der Waals surface area contributed by atoms with E-state index in [0.717, 1.165) is 32.4 Å². The molecule has 0 atom stereocenters. The minimum absolute atomic E-state index is 0.787. The van der Waals surface area contributed by atoms with Crippen LogP contribution in [0.3, 0.4) is 0 Å². The number of hydrogen-bond donors (Lipinski definition) is 2. The number of nitrogens with one attached hydrogen (secondary N) is 2. The van der Waals surface area contributed by atoms with Crippen molar-refractivity contribution in [3.8, 4) is 11.3 Å². The first kappa shape index (κ1) is 14.4. The van der Waals surface area contributed by atoms with E-state index in [2.05, 4.69) is 83.5 Å². The van der Waals surface area contributed by atoms with Crippen LogP contribution in [-0.4, -0.2) is 9.97 Å². The van der Waals surface area contributed by atoms with Gasteiger partial charge in [0.1, 0.15) is 0 Å². The lowest BCUT2D eigenvalue weighted by Gasteiger charge is -2.08. The molecule has 0 saturated heterocycles. The summed E-state index contributed by atoms with van der Waals surface area (Å²) in [4.78, 5) is 7.13. The molecule has 106 valence electrons. The lowest BCUT2D eigenvalue weighted by molar-refractivity contribution is 1.14. The Morgan fingerprint density at radius 2 is 1.81 bits per heavy atom. The third-order valence-electron chi connectivity index (χ3n) is 3.17. The largest absolute Gasteiger partial charge is 0.381 e. The van der Waals surface area contributed by atoms with E-state index in [1.165, 1.54) is 5.56 Å². The molecule has 0 amide bonds. The van der Waals surface area contributed by atoms with Crippen molar-refractivity contribution in [2.45, 2.75) is 6.54 Å². The van der Waals surface area contributed by atoms with Crippen LogP contribution in [-0.2, 0) is 6.54 Å². The number of imidazole rings is 1. The van der Waals surface area contributed by atoms with Crippen LogP contribution < -0.4 is 5.32 Å². The van der Waals surface area contributed by atoms with E-state index < -0.39 is 0 Å². The lowest BCUT2D eigenvalue weighted by Crippen LogP contribution is -1.99. The van der Waals surface area contributed by atoms with Crippen LogP contribution in [0.4, 0.5) is 5.69 Å². The summed E-state index contributed by atoms with van der Waals surface area (Å²) in [6.07, 6.45) is 3.51. The van der Waals surface area contributed by atoms with Crippen molar-refractivity contribution in [2.75, 3.05) is 5.32 Å². The molecule has 0 aliphatic heterocycles. The number of H-pyrrole nitrogens is 1. The molecule has 3 aromatic rings. The number of aromatic amines is 1. The molecular formula is C16H13Br2N3. The fraction of sp³-hybridized carbons (Fsp3) is 0.0625. The standard InChI is InChI=1S/C16H13Br2N3/c17-14-6-1-11(7-15(14)18)8-20-13-4-2-12(3-5-13)16-9-19-10-21-16/h1-7,9-10,20H,8H2,(H,19,21). The highest BCUT2D eigenvalue weighted by Crippen LogP contribution is 2.24. The normalized spacial score (nSPS) is 10.6. The maximum absolute atomic E-state index is 4.03. The van der Waals surface area contributed by atoms with Crippen LogP contribution in [0.2, 0.25) is 0 Å². The minimum Gasteiger partial charge on any atom is -0.381 e. The summed E-state index contributed by atoms with van der Waals surface area (Å²) < 4.78 is 2.13. The number of anilines is 1. The molecule has 0 aliphatic rings. The second kappa shape index (κ2) is 6.45. The molecule has 3 nitrogen and oxygen atoms in total. The Kier molecular flexibility index (Phi) is 4.41. The first-order valence-corrected chi connectivity index (χ1v) is 8.07. The van der Waals surface area contributed by atoms with Gasteiger partial charge in [0, 0.05) is 21.2 Å². The molecule has 0 aliphatic carbocycles. The maximum Gasteiger partial charge on any atom is 0.0924 e. The van der Waals surface area contributed by atoms with Crippen molar-refractivity contribution < 1.29 is 0 Å². The van der Waals surface area contributed by atoms with Crippen LogP contribution in [0.1, 0.15) is 5.56 Å². The van der Waals surface area contributed by atoms with Crippen LogP contribution in [0, 0.1) is 0 Å². The molecule has 1 heterocycles. The van der Waals surface area contributed by atoms with E-state index in [9.17, 15) is 0 Å². The van der Waals surface area contributed by atoms with Gasteiger partial charge in [-0.05, 0) is 67.3 Å². The predicted molar refractivity (Wildman–Crippen MR) is 93.2 cm³/mol. The van der Waals surface area contributed by atoms with E-state index in [1.54, 1.807) is 6.33 Å². The highest BCUT2D eigenvalue weighted by Gasteiger charge is 2.01. The fourth-order valence-corrected chi connectivity index (χ4v) is 2.71. The van der Waals surface area contributed by atoms with Gasteiger partial charge in [-0.1, -0.05) is 18.2 Å². The molecule has 2 aromatic carbocycles. The Labute approximate surface area is 140 Å². The zero-order valence-electron chi connectivity index (χ0n) is 11.1. The van der Waals surface area contributed by atoms with E-state index in [4.69, 9.17) is 0 Å². The number of benzene rings is 2. The van der Waals surface area contributed by atoms with Crippen LogP contribution in [0.25, 0.3) is 11.3 Å². The Bertz CT molecular complexity index is 722. The van der Waals surface area contributed by atoms with Gasteiger partial charge < -0.3 is 10.3 Å². The van der Waals surface area contributed by atoms with Gasteiger partial charge >= 0.3 is 0 Å². The summed E-state index contributed by atoms with van der Waals surface area (Å²) in [6, 6.07) is 14.5. The average molecular weight is 407 g/mol. The van der Waals surface area contributed by atoms with Gasteiger partial charge in [0.2, 0.25) is 0 Å². The number of hydrogen-bond acceptors (Lipinski definition) is 2. The zero-order valence-corrected chi connectivity index (χ0v) is 14.3. The van der Waals surface area contributed by atoms with Gasteiger partial charge in [0.05, 0.1) is 18.2 Å². The summed E-state index contributed by atoms with van der Waals surface area (Å²) in [5.41, 5.74) is 4.47. The van der Waals surface area contributed by atoms with Gasteiger partial charge in [-0.15, -0.1) is 0 Å². The summed E-state index contributed by atoms with van der Waals surface area (Å²) in [7, 11) is 0. The molecule has 3 rings (SSSR count). The van der Waals surface area contributed by atoms with E-state index in [-0.39, 0.29) is 0 Å². The predicted octanol–water partition coefficient (Wildman–Crippen LogP) is 5.21. The molecule has 0 radical (unpaired) electrons. The van der Waals surface area contributed by atoms with Gasteiger partial charge in [-0.25, -0.2) is 4.98 Å². The summed E-state index contributed by atoms with van der Waals surface area (Å²) in [5, 5.41) is 3.42. The molecule has 0 spiro atoms. The maximum atomic E-state index is 4.03. The third kappa shape index (κ3) is 3.54. The van der Waals surface area contributed by atoms with Crippen LogP contribution >= 0.6 is 31.9 Å². The monoisotopic (exact) mass is 405 g/mol. The summed E-state index contributed by atoms with van der Waals surface area (Å²) in [5.74, 6) is 0. The van der Waals surface area contributed by atoms with E-state index in [1.807, 2.05) is 12.3 Å². The number of nitrogens with zero attached hydrogens (tertiary/aromatic N) is 1. The van der Waals surface area contributed by atoms with Gasteiger partial charge in [-0.2, -0.15) is 0 Å². The molecule has 5 heteroatoms. The van der Waals surface area contributed by atoms with Crippen LogP contribution in [0.5, 0.6) is 0 Å².